The summed E-state index contributed by atoms with van der Waals surface area (Å²) in [5.74, 6) is 0.576. The first-order chi connectivity index (χ1) is 5.84. The van der Waals surface area contributed by atoms with E-state index < -0.39 is 0 Å². The summed E-state index contributed by atoms with van der Waals surface area (Å²) in [5, 5.41) is 12.5. The SMILES string of the molecule is CC.CNCCC1CCCC1O. The molecule has 1 rings (SSSR count). The Morgan fingerprint density at radius 3 is 2.42 bits per heavy atom. The minimum Gasteiger partial charge on any atom is -0.393 e. The summed E-state index contributed by atoms with van der Waals surface area (Å²) in [4.78, 5) is 0. The van der Waals surface area contributed by atoms with Gasteiger partial charge in [-0.25, -0.2) is 0 Å². The molecule has 0 spiro atoms. The van der Waals surface area contributed by atoms with Crippen LogP contribution in [0.3, 0.4) is 0 Å². The molecule has 1 aliphatic carbocycles. The molecular weight excluding hydrogens is 150 g/mol. The highest BCUT2D eigenvalue weighted by atomic mass is 16.3. The fourth-order valence-corrected chi connectivity index (χ4v) is 1.68. The Hall–Kier alpha value is -0.0800. The maximum atomic E-state index is 9.39. The zero-order chi connectivity index (χ0) is 9.40. The molecule has 2 nitrogen and oxygen atoms in total. The molecule has 1 fully saturated rings. The number of aliphatic hydroxyl groups is 1. The molecule has 0 amide bonds. The van der Waals surface area contributed by atoms with Gasteiger partial charge in [0, 0.05) is 0 Å². The largest absolute Gasteiger partial charge is 0.393 e. The van der Waals surface area contributed by atoms with E-state index in [2.05, 4.69) is 5.32 Å². The van der Waals surface area contributed by atoms with E-state index in [0.29, 0.717) is 5.92 Å². The highest BCUT2D eigenvalue weighted by Gasteiger charge is 2.23. The van der Waals surface area contributed by atoms with Gasteiger partial charge in [-0.2, -0.15) is 0 Å². The van der Waals surface area contributed by atoms with Gasteiger partial charge >= 0.3 is 0 Å². The van der Waals surface area contributed by atoms with Gasteiger partial charge in [-0.3, -0.25) is 0 Å². The molecule has 74 valence electrons. The van der Waals surface area contributed by atoms with Gasteiger partial charge < -0.3 is 10.4 Å². The van der Waals surface area contributed by atoms with Gasteiger partial charge in [0.15, 0.2) is 0 Å². The average molecular weight is 173 g/mol. The lowest BCUT2D eigenvalue weighted by molar-refractivity contribution is 0.128. The molecule has 2 unspecified atom stereocenters. The third kappa shape index (κ3) is 4.07. The van der Waals surface area contributed by atoms with Crippen molar-refractivity contribution in [2.24, 2.45) is 5.92 Å². The lowest BCUT2D eigenvalue weighted by atomic mass is 10.0. The third-order valence-electron chi connectivity index (χ3n) is 2.38. The molecule has 2 atom stereocenters. The normalized spacial score (nSPS) is 28.0. The molecule has 0 aliphatic heterocycles. The van der Waals surface area contributed by atoms with Gasteiger partial charge in [-0.15, -0.1) is 0 Å². The topological polar surface area (TPSA) is 32.3 Å². The fourth-order valence-electron chi connectivity index (χ4n) is 1.68. The van der Waals surface area contributed by atoms with Crippen molar-refractivity contribution in [2.75, 3.05) is 13.6 Å². The van der Waals surface area contributed by atoms with E-state index in [1.54, 1.807) is 0 Å². The van der Waals surface area contributed by atoms with E-state index >= 15 is 0 Å². The number of rotatable bonds is 3. The molecule has 0 saturated heterocycles. The Labute approximate surface area is 76.4 Å². The number of hydrogen-bond donors (Lipinski definition) is 2. The zero-order valence-electron chi connectivity index (χ0n) is 8.64. The first-order valence-electron chi connectivity index (χ1n) is 5.17. The van der Waals surface area contributed by atoms with Crippen LogP contribution in [-0.2, 0) is 0 Å². The van der Waals surface area contributed by atoms with Gasteiger partial charge in [0.1, 0.15) is 0 Å². The Kier molecular flexibility index (Phi) is 7.51. The van der Waals surface area contributed by atoms with Crippen molar-refractivity contribution < 1.29 is 5.11 Å². The molecule has 0 aromatic heterocycles. The summed E-state index contributed by atoms with van der Waals surface area (Å²) >= 11 is 0. The lowest BCUT2D eigenvalue weighted by Gasteiger charge is -2.12. The molecule has 12 heavy (non-hydrogen) atoms. The van der Waals surface area contributed by atoms with Crippen LogP contribution in [0.25, 0.3) is 0 Å². The van der Waals surface area contributed by atoms with Crippen molar-refractivity contribution in [1.82, 2.24) is 5.32 Å². The second kappa shape index (κ2) is 7.56. The van der Waals surface area contributed by atoms with Crippen LogP contribution in [0.5, 0.6) is 0 Å². The minimum atomic E-state index is -0.00616. The summed E-state index contributed by atoms with van der Waals surface area (Å²) in [6.07, 6.45) is 4.60. The average Bonchev–Trinajstić information content (AvgIpc) is 2.51. The zero-order valence-corrected chi connectivity index (χ0v) is 8.64. The van der Waals surface area contributed by atoms with Gasteiger partial charge in [-0.05, 0) is 38.8 Å². The summed E-state index contributed by atoms with van der Waals surface area (Å²) in [5.41, 5.74) is 0. The van der Waals surface area contributed by atoms with E-state index in [0.717, 1.165) is 19.4 Å². The third-order valence-corrected chi connectivity index (χ3v) is 2.38. The van der Waals surface area contributed by atoms with Crippen LogP contribution in [0.15, 0.2) is 0 Å². The van der Waals surface area contributed by atoms with Gasteiger partial charge in [-0.1, -0.05) is 20.3 Å². The highest BCUT2D eigenvalue weighted by molar-refractivity contribution is 4.76. The van der Waals surface area contributed by atoms with Crippen LogP contribution in [0.2, 0.25) is 0 Å². The molecule has 0 aromatic rings. The smallest absolute Gasteiger partial charge is 0.0568 e. The molecule has 0 aromatic carbocycles. The van der Waals surface area contributed by atoms with Crippen molar-refractivity contribution >= 4 is 0 Å². The summed E-state index contributed by atoms with van der Waals surface area (Å²) < 4.78 is 0. The Morgan fingerprint density at radius 2 is 2.00 bits per heavy atom. The summed E-state index contributed by atoms with van der Waals surface area (Å²) in [7, 11) is 1.96. The summed E-state index contributed by atoms with van der Waals surface area (Å²) in [6, 6.07) is 0. The Morgan fingerprint density at radius 1 is 1.33 bits per heavy atom. The maximum absolute atomic E-state index is 9.39. The van der Waals surface area contributed by atoms with E-state index in [-0.39, 0.29) is 6.10 Å². The Bertz CT molecular complexity index is 95.8. The standard InChI is InChI=1S/C8H17NO.C2H6/c1-9-6-5-7-3-2-4-8(7)10;1-2/h7-10H,2-6H2,1H3;1-2H3. The van der Waals surface area contributed by atoms with Gasteiger partial charge in [0.25, 0.3) is 0 Å². The van der Waals surface area contributed by atoms with Crippen LogP contribution in [0.1, 0.15) is 39.5 Å². The number of nitrogens with one attached hydrogen (secondary N) is 1. The van der Waals surface area contributed by atoms with Gasteiger partial charge in [0.2, 0.25) is 0 Å². The highest BCUT2D eigenvalue weighted by Crippen LogP contribution is 2.27. The van der Waals surface area contributed by atoms with E-state index in [9.17, 15) is 5.11 Å². The van der Waals surface area contributed by atoms with E-state index in [1.165, 1.54) is 12.8 Å². The maximum Gasteiger partial charge on any atom is 0.0568 e. The van der Waals surface area contributed by atoms with Crippen LogP contribution in [-0.4, -0.2) is 24.8 Å². The number of hydrogen-bond acceptors (Lipinski definition) is 2. The molecule has 0 bridgehead atoms. The predicted molar refractivity (Wildman–Crippen MR) is 53.2 cm³/mol. The van der Waals surface area contributed by atoms with Crippen LogP contribution in [0, 0.1) is 5.92 Å². The van der Waals surface area contributed by atoms with Crippen molar-refractivity contribution in [3.63, 3.8) is 0 Å². The fraction of sp³-hybridized carbons (Fsp3) is 1.00. The quantitative estimate of drug-likeness (QED) is 0.682. The van der Waals surface area contributed by atoms with Crippen LogP contribution in [0.4, 0.5) is 0 Å². The number of aliphatic hydroxyl groups excluding tert-OH is 1. The molecule has 2 N–H and O–H groups in total. The van der Waals surface area contributed by atoms with Gasteiger partial charge in [0.05, 0.1) is 6.10 Å². The second-order valence-electron chi connectivity index (χ2n) is 3.15. The summed E-state index contributed by atoms with van der Waals surface area (Å²) in [6.45, 7) is 5.04. The molecule has 1 saturated carbocycles. The van der Waals surface area contributed by atoms with Crippen LogP contribution < -0.4 is 5.32 Å². The van der Waals surface area contributed by atoms with Crippen molar-refractivity contribution in [2.45, 2.75) is 45.6 Å². The molecule has 0 radical (unpaired) electrons. The monoisotopic (exact) mass is 173 g/mol. The van der Waals surface area contributed by atoms with Crippen molar-refractivity contribution in [3.8, 4) is 0 Å². The molecular formula is C10H23NO. The predicted octanol–water partition coefficient (Wildman–Crippen LogP) is 1.78. The van der Waals surface area contributed by atoms with E-state index in [4.69, 9.17) is 0 Å². The van der Waals surface area contributed by atoms with Crippen molar-refractivity contribution in [1.29, 1.82) is 0 Å². The Balaban J connectivity index is 0.000000561. The van der Waals surface area contributed by atoms with E-state index in [1.807, 2.05) is 20.9 Å². The molecule has 1 aliphatic rings. The minimum absolute atomic E-state index is 0.00616. The van der Waals surface area contributed by atoms with Crippen LogP contribution >= 0.6 is 0 Å². The first-order valence-corrected chi connectivity index (χ1v) is 5.17. The molecule has 0 heterocycles. The molecule has 2 heteroatoms. The van der Waals surface area contributed by atoms with Crippen molar-refractivity contribution in [3.05, 3.63) is 0 Å². The lowest BCUT2D eigenvalue weighted by Crippen LogP contribution is -2.18. The first kappa shape index (κ1) is 11.9. The second-order valence-corrected chi connectivity index (χ2v) is 3.15.